The molecule has 5 aliphatic rings. The third-order valence-electron chi connectivity index (χ3n) is 11.1. The lowest BCUT2D eigenvalue weighted by atomic mass is 9.55. The largest absolute Gasteiger partial charge is 0.311 e. The van der Waals surface area contributed by atoms with Crippen molar-refractivity contribution in [1.82, 2.24) is 5.32 Å². The maximum Gasteiger partial charge on any atom is 0.0101 e. The molecule has 5 fully saturated rings. The Kier molecular flexibility index (Phi) is 7.15. The van der Waals surface area contributed by atoms with Gasteiger partial charge in [-0.15, -0.1) is 0 Å². The Morgan fingerprint density at radius 3 is 1.83 bits per heavy atom. The fourth-order valence-corrected chi connectivity index (χ4v) is 9.77. The Hall–Kier alpha value is -0.0400. The van der Waals surface area contributed by atoms with Crippen molar-refractivity contribution in [2.24, 2.45) is 47.3 Å². The van der Waals surface area contributed by atoms with E-state index in [1.165, 1.54) is 64.2 Å². The zero-order chi connectivity index (χ0) is 20.5. The Bertz CT molecular complexity index is 536. The summed E-state index contributed by atoms with van der Waals surface area (Å²) in [6.45, 7) is 5.22. The summed E-state index contributed by atoms with van der Waals surface area (Å²) >= 11 is 0. The van der Waals surface area contributed by atoms with Gasteiger partial charge in [-0.1, -0.05) is 64.7 Å². The van der Waals surface area contributed by atoms with Gasteiger partial charge in [-0.25, -0.2) is 0 Å². The van der Waals surface area contributed by atoms with E-state index in [0.717, 1.165) is 59.4 Å². The smallest absolute Gasteiger partial charge is 0.0101 e. The van der Waals surface area contributed by atoms with Crippen LogP contribution in [0.1, 0.15) is 123 Å². The monoisotopic (exact) mass is 413 g/mol. The molecule has 0 aromatic carbocycles. The fraction of sp³-hybridized carbons (Fsp3) is 1.00. The van der Waals surface area contributed by atoms with Crippen LogP contribution in [0.15, 0.2) is 0 Å². The fourth-order valence-electron chi connectivity index (χ4n) is 9.77. The Morgan fingerprint density at radius 1 is 0.467 bits per heavy atom. The molecule has 4 saturated carbocycles. The molecule has 9 unspecified atom stereocenters. The van der Waals surface area contributed by atoms with Gasteiger partial charge in [0.1, 0.15) is 0 Å². The maximum absolute atomic E-state index is 4.20. The molecule has 1 heterocycles. The third-order valence-corrected chi connectivity index (χ3v) is 11.1. The lowest BCUT2D eigenvalue weighted by Gasteiger charge is -2.53. The summed E-state index contributed by atoms with van der Waals surface area (Å²) in [5, 5.41) is 4.20. The highest BCUT2D eigenvalue weighted by Crippen LogP contribution is 2.53. The molecule has 0 aromatic rings. The molecule has 5 rings (SSSR count). The second-order valence-electron chi connectivity index (χ2n) is 12.7. The van der Waals surface area contributed by atoms with Crippen molar-refractivity contribution in [2.75, 3.05) is 0 Å². The van der Waals surface area contributed by atoms with Gasteiger partial charge in [0.2, 0.25) is 0 Å². The average molecular weight is 414 g/mol. The van der Waals surface area contributed by atoms with Crippen LogP contribution in [0.2, 0.25) is 0 Å². The van der Waals surface area contributed by atoms with Crippen molar-refractivity contribution in [3.63, 3.8) is 0 Å². The molecule has 0 aromatic heterocycles. The molecule has 4 aliphatic carbocycles. The third kappa shape index (κ3) is 4.53. The first-order valence-corrected chi connectivity index (χ1v) is 14.5. The van der Waals surface area contributed by atoms with E-state index >= 15 is 0 Å². The number of nitrogens with one attached hydrogen (secondary N) is 1. The van der Waals surface area contributed by atoms with Crippen LogP contribution in [0.25, 0.3) is 0 Å². The molecule has 0 radical (unpaired) electrons. The van der Waals surface area contributed by atoms with Gasteiger partial charge in [-0.2, -0.15) is 0 Å². The van der Waals surface area contributed by atoms with Crippen molar-refractivity contribution < 1.29 is 0 Å². The molecule has 0 spiro atoms. The van der Waals surface area contributed by atoms with Crippen LogP contribution in [0.3, 0.4) is 0 Å². The van der Waals surface area contributed by atoms with Crippen LogP contribution >= 0.6 is 0 Å². The highest BCUT2D eigenvalue weighted by atomic mass is 15.0. The summed E-state index contributed by atoms with van der Waals surface area (Å²) in [6, 6.07) is 1.59. The first-order chi connectivity index (χ1) is 14.7. The van der Waals surface area contributed by atoms with Gasteiger partial charge in [0.05, 0.1) is 0 Å². The SMILES string of the molecule is CC1CC(C2CCC(C3CCCCC3)CC2C)C2CCCCC2C2CCCCC2N1. The zero-order valence-electron chi connectivity index (χ0n) is 20.3. The number of fused-ring (bicyclic) bond motifs is 3. The molecule has 9 atom stereocenters. The predicted molar refractivity (Wildman–Crippen MR) is 128 cm³/mol. The van der Waals surface area contributed by atoms with Gasteiger partial charge in [-0.05, 0) is 106 Å². The van der Waals surface area contributed by atoms with E-state index in [9.17, 15) is 0 Å². The van der Waals surface area contributed by atoms with Gasteiger partial charge < -0.3 is 5.32 Å². The minimum absolute atomic E-state index is 0.742. The van der Waals surface area contributed by atoms with Crippen LogP contribution in [0, 0.1) is 47.3 Å². The zero-order valence-corrected chi connectivity index (χ0v) is 20.3. The van der Waals surface area contributed by atoms with E-state index in [1.54, 1.807) is 44.9 Å². The Balaban J connectivity index is 1.32. The standard InChI is InChI=1S/C29H51N/c1-20-18-23(22-10-4-3-5-11-22)16-17-24(20)28-19-21(2)30-29-15-9-8-14-27(29)25-12-6-7-13-26(25)28/h20-30H,3-19H2,1-2H3. The highest BCUT2D eigenvalue weighted by Gasteiger charge is 2.47. The molecular formula is C29H51N. The Morgan fingerprint density at radius 2 is 1.10 bits per heavy atom. The van der Waals surface area contributed by atoms with Crippen LogP contribution in [0.5, 0.6) is 0 Å². The summed E-state index contributed by atoms with van der Waals surface area (Å²) in [4.78, 5) is 0. The topological polar surface area (TPSA) is 12.0 Å². The van der Waals surface area contributed by atoms with Gasteiger partial charge in [0.25, 0.3) is 0 Å². The van der Waals surface area contributed by atoms with E-state index in [2.05, 4.69) is 19.2 Å². The van der Waals surface area contributed by atoms with Crippen molar-refractivity contribution in [3.8, 4) is 0 Å². The van der Waals surface area contributed by atoms with Crippen molar-refractivity contribution in [2.45, 2.75) is 135 Å². The molecule has 1 nitrogen and oxygen atoms in total. The van der Waals surface area contributed by atoms with Gasteiger partial charge in [-0.3, -0.25) is 0 Å². The van der Waals surface area contributed by atoms with Crippen LogP contribution in [-0.4, -0.2) is 12.1 Å². The van der Waals surface area contributed by atoms with Crippen LogP contribution in [-0.2, 0) is 0 Å². The minimum atomic E-state index is 0.742. The molecule has 0 amide bonds. The van der Waals surface area contributed by atoms with Gasteiger partial charge in [0, 0.05) is 12.1 Å². The second-order valence-corrected chi connectivity index (χ2v) is 12.7. The van der Waals surface area contributed by atoms with Crippen molar-refractivity contribution in [3.05, 3.63) is 0 Å². The summed E-state index contributed by atoms with van der Waals surface area (Å²) in [6.07, 6.45) is 26.0. The molecule has 30 heavy (non-hydrogen) atoms. The molecule has 1 heteroatoms. The van der Waals surface area contributed by atoms with Crippen LogP contribution < -0.4 is 5.32 Å². The van der Waals surface area contributed by atoms with Crippen molar-refractivity contribution in [1.29, 1.82) is 0 Å². The molecule has 1 N–H and O–H groups in total. The number of hydrogen-bond acceptors (Lipinski definition) is 1. The van der Waals surface area contributed by atoms with E-state index in [0.29, 0.717) is 0 Å². The second kappa shape index (κ2) is 9.84. The molecule has 1 saturated heterocycles. The first kappa shape index (κ1) is 21.8. The lowest BCUT2D eigenvalue weighted by molar-refractivity contribution is -0.0163. The molecular weight excluding hydrogens is 362 g/mol. The average Bonchev–Trinajstić information content (AvgIpc) is 2.78. The Labute approximate surface area is 187 Å². The number of hydrogen-bond donors (Lipinski definition) is 1. The predicted octanol–water partition coefficient (Wildman–Crippen LogP) is 7.98. The molecule has 172 valence electrons. The normalized spacial score (nSPS) is 48.8. The summed E-state index contributed by atoms with van der Waals surface area (Å²) in [5.41, 5.74) is 0. The lowest BCUT2D eigenvalue weighted by Crippen LogP contribution is -2.53. The number of rotatable bonds is 2. The molecule has 0 bridgehead atoms. The maximum atomic E-state index is 4.20. The summed E-state index contributed by atoms with van der Waals surface area (Å²) in [7, 11) is 0. The summed E-state index contributed by atoms with van der Waals surface area (Å²) in [5.74, 6) is 8.30. The quantitative estimate of drug-likeness (QED) is 0.484. The van der Waals surface area contributed by atoms with E-state index in [4.69, 9.17) is 0 Å². The first-order valence-electron chi connectivity index (χ1n) is 14.5. The summed E-state index contributed by atoms with van der Waals surface area (Å²) < 4.78 is 0. The van der Waals surface area contributed by atoms with E-state index in [1.807, 2.05) is 0 Å². The highest BCUT2D eigenvalue weighted by molar-refractivity contribution is 4.99. The molecule has 1 aliphatic heterocycles. The van der Waals surface area contributed by atoms with Crippen LogP contribution in [0.4, 0.5) is 0 Å². The van der Waals surface area contributed by atoms with E-state index in [-0.39, 0.29) is 0 Å². The minimum Gasteiger partial charge on any atom is -0.311 e. The van der Waals surface area contributed by atoms with E-state index < -0.39 is 0 Å². The van der Waals surface area contributed by atoms with Crippen molar-refractivity contribution >= 4 is 0 Å². The van der Waals surface area contributed by atoms with Gasteiger partial charge in [0.15, 0.2) is 0 Å². The van der Waals surface area contributed by atoms with Gasteiger partial charge >= 0.3 is 0 Å².